The average Bonchev–Trinajstić information content (AvgIpc) is 2.98. The van der Waals surface area contributed by atoms with Gasteiger partial charge in [-0.15, -0.1) is 0 Å². The number of carbonyl (C=O) groups is 2. The number of aryl methyl sites for hydroxylation is 1. The van der Waals surface area contributed by atoms with Crippen LogP contribution in [0.25, 0.3) is 5.65 Å². The molecule has 1 aliphatic rings. The highest BCUT2D eigenvalue weighted by Crippen LogP contribution is 2.22. The minimum atomic E-state index is -0.566. The maximum Gasteiger partial charge on any atom is 0.359 e. The highest BCUT2D eigenvalue weighted by atomic mass is 16.5. The number of aromatic nitrogens is 2. The minimum Gasteiger partial charge on any atom is -0.451 e. The van der Waals surface area contributed by atoms with E-state index in [2.05, 4.69) is 4.98 Å². The van der Waals surface area contributed by atoms with Crippen LogP contribution < -0.4 is 0 Å². The Labute approximate surface area is 141 Å². The van der Waals surface area contributed by atoms with Gasteiger partial charge in [0.15, 0.2) is 12.3 Å². The first kappa shape index (κ1) is 16.5. The van der Waals surface area contributed by atoms with Crippen LogP contribution in [0.4, 0.5) is 0 Å². The van der Waals surface area contributed by atoms with Crippen molar-refractivity contribution in [1.82, 2.24) is 14.3 Å². The van der Waals surface area contributed by atoms with Gasteiger partial charge in [0.05, 0.1) is 0 Å². The fraction of sp³-hybridized carbons (Fsp3) is 0.500. The number of imidazole rings is 1. The molecule has 1 fully saturated rings. The van der Waals surface area contributed by atoms with E-state index in [4.69, 9.17) is 4.74 Å². The summed E-state index contributed by atoms with van der Waals surface area (Å²) in [6.07, 6.45) is 4.77. The molecule has 1 saturated heterocycles. The van der Waals surface area contributed by atoms with Crippen molar-refractivity contribution in [2.24, 2.45) is 0 Å². The van der Waals surface area contributed by atoms with E-state index in [0.717, 1.165) is 25.0 Å². The highest BCUT2D eigenvalue weighted by Gasteiger charge is 2.29. The number of hydrogen-bond donors (Lipinski definition) is 0. The van der Waals surface area contributed by atoms with Crippen LogP contribution in [-0.4, -0.2) is 44.9 Å². The lowest BCUT2D eigenvalue weighted by molar-refractivity contribution is -0.140. The molecule has 3 heterocycles. The number of pyridine rings is 1. The van der Waals surface area contributed by atoms with Crippen LogP contribution in [0, 0.1) is 6.92 Å². The molecule has 2 atom stereocenters. The summed E-state index contributed by atoms with van der Waals surface area (Å²) < 4.78 is 7.03. The second-order valence-corrected chi connectivity index (χ2v) is 6.53. The number of nitrogens with zero attached hydrogens (tertiary/aromatic N) is 3. The van der Waals surface area contributed by atoms with Crippen molar-refractivity contribution in [1.29, 1.82) is 0 Å². The topological polar surface area (TPSA) is 63.9 Å². The smallest absolute Gasteiger partial charge is 0.359 e. The van der Waals surface area contributed by atoms with Gasteiger partial charge in [-0.05, 0) is 52.2 Å². The van der Waals surface area contributed by atoms with Crippen LogP contribution in [0.3, 0.4) is 0 Å². The molecule has 2 aromatic heterocycles. The summed E-state index contributed by atoms with van der Waals surface area (Å²) in [5.41, 5.74) is 1.88. The van der Waals surface area contributed by atoms with Gasteiger partial charge < -0.3 is 14.0 Å². The zero-order valence-corrected chi connectivity index (χ0v) is 14.4. The molecule has 24 heavy (non-hydrogen) atoms. The van der Waals surface area contributed by atoms with Gasteiger partial charge in [-0.1, -0.05) is 6.07 Å². The summed E-state index contributed by atoms with van der Waals surface area (Å²) in [7, 11) is 0. The van der Waals surface area contributed by atoms with Crippen LogP contribution >= 0.6 is 0 Å². The van der Waals surface area contributed by atoms with E-state index in [1.54, 1.807) is 6.20 Å². The van der Waals surface area contributed by atoms with E-state index < -0.39 is 5.97 Å². The number of likely N-dealkylation sites (tertiary alicyclic amines) is 1. The number of piperidine rings is 1. The SMILES string of the molecule is Cc1cccc2nc(C(=O)OCC(=O)N3[C@H](C)CCC[C@@H]3C)cn12. The Bertz CT molecular complexity index is 758. The predicted molar refractivity (Wildman–Crippen MR) is 89.8 cm³/mol. The zero-order chi connectivity index (χ0) is 17.3. The van der Waals surface area contributed by atoms with Gasteiger partial charge in [0.25, 0.3) is 5.91 Å². The first-order valence-corrected chi connectivity index (χ1v) is 8.40. The molecule has 1 amide bonds. The lowest BCUT2D eigenvalue weighted by Gasteiger charge is -2.38. The van der Waals surface area contributed by atoms with E-state index in [9.17, 15) is 9.59 Å². The molecular formula is C18H23N3O3. The Morgan fingerprint density at radius 2 is 1.96 bits per heavy atom. The fourth-order valence-electron chi connectivity index (χ4n) is 3.44. The molecule has 0 unspecified atom stereocenters. The van der Waals surface area contributed by atoms with Crippen LogP contribution in [0.15, 0.2) is 24.4 Å². The van der Waals surface area contributed by atoms with Gasteiger partial charge in [0, 0.05) is 24.0 Å². The molecule has 0 saturated carbocycles. The van der Waals surface area contributed by atoms with Crippen molar-refractivity contribution in [3.8, 4) is 0 Å². The summed E-state index contributed by atoms with van der Waals surface area (Å²) in [6.45, 7) is 5.79. The normalized spacial score (nSPS) is 21.0. The number of rotatable bonds is 3. The predicted octanol–water partition coefficient (Wildman–Crippen LogP) is 2.59. The average molecular weight is 329 g/mol. The molecule has 3 rings (SSSR count). The van der Waals surface area contributed by atoms with Gasteiger partial charge in [-0.2, -0.15) is 0 Å². The third-order valence-electron chi connectivity index (χ3n) is 4.71. The number of ether oxygens (including phenoxy) is 1. The third-order valence-corrected chi connectivity index (χ3v) is 4.71. The quantitative estimate of drug-likeness (QED) is 0.812. The molecule has 0 aromatic carbocycles. The molecule has 128 valence electrons. The summed E-state index contributed by atoms with van der Waals surface area (Å²) in [5, 5.41) is 0. The number of esters is 1. The van der Waals surface area contributed by atoms with Crippen molar-refractivity contribution in [3.05, 3.63) is 35.8 Å². The number of carbonyl (C=O) groups excluding carboxylic acids is 2. The van der Waals surface area contributed by atoms with Crippen LogP contribution in [0.5, 0.6) is 0 Å². The standard InChI is InChI=1S/C18H23N3O3/c1-12-6-5-9-16-19-15(10-20(12)16)18(23)24-11-17(22)21-13(2)7-4-8-14(21)3/h5-6,9-10,13-14H,4,7-8,11H2,1-3H3/t13-,14+. The second kappa shape index (κ2) is 6.63. The van der Waals surface area contributed by atoms with Crippen LogP contribution in [0.1, 0.15) is 49.3 Å². The maximum absolute atomic E-state index is 12.4. The fourth-order valence-corrected chi connectivity index (χ4v) is 3.44. The number of amides is 1. The number of fused-ring (bicyclic) bond motifs is 1. The van der Waals surface area contributed by atoms with Crippen molar-refractivity contribution >= 4 is 17.5 Å². The molecule has 0 spiro atoms. The molecule has 2 aromatic rings. The third kappa shape index (κ3) is 3.13. The Balaban J connectivity index is 1.66. The first-order valence-electron chi connectivity index (χ1n) is 8.40. The van der Waals surface area contributed by atoms with E-state index in [-0.39, 0.29) is 30.3 Å². The van der Waals surface area contributed by atoms with Crippen LogP contribution in [-0.2, 0) is 9.53 Å². The van der Waals surface area contributed by atoms with E-state index >= 15 is 0 Å². The van der Waals surface area contributed by atoms with E-state index in [1.807, 2.05) is 48.3 Å². The molecular weight excluding hydrogens is 306 g/mol. The van der Waals surface area contributed by atoms with Gasteiger partial charge in [-0.3, -0.25) is 4.79 Å². The van der Waals surface area contributed by atoms with Gasteiger partial charge in [0.2, 0.25) is 0 Å². The monoisotopic (exact) mass is 329 g/mol. The van der Waals surface area contributed by atoms with Crippen molar-refractivity contribution in [3.63, 3.8) is 0 Å². The molecule has 1 aliphatic heterocycles. The second-order valence-electron chi connectivity index (χ2n) is 6.53. The van der Waals surface area contributed by atoms with Crippen molar-refractivity contribution in [2.45, 2.75) is 52.1 Å². The molecule has 0 N–H and O–H groups in total. The van der Waals surface area contributed by atoms with E-state index in [1.165, 1.54) is 0 Å². The Morgan fingerprint density at radius 1 is 1.25 bits per heavy atom. The Hall–Kier alpha value is -2.37. The molecule has 6 heteroatoms. The molecule has 0 bridgehead atoms. The zero-order valence-electron chi connectivity index (χ0n) is 14.4. The van der Waals surface area contributed by atoms with Crippen LogP contribution in [0.2, 0.25) is 0 Å². The molecule has 0 radical (unpaired) electrons. The lowest BCUT2D eigenvalue weighted by atomic mass is 9.97. The first-order chi connectivity index (χ1) is 11.5. The van der Waals surface area contributed by atoms with Gasteiger partial charge >= 0.3 is 5.97 Å². The molecule has 6 nitrogen and oxygen atoms in total. The van der Waals surface area contributed by atoms with Crippen molar-refractivity contribution < 1.29 is 14.3 Å². The Morgan fingerprint density at radius 3 is 2.62 bits per heavy atom. The molecule has 0 aliphatic carbocycles. The summed E-state index contributed by atoms with van der Waals surface area (Å²) in [4.78, 5) is 30.7. The Kier molecular flexibility index (Phi) is 4.55. The van der Waals surface area contributed by atoms with Gasteiger partial charge in [-0.25, -0.2) is 9.78 Å². The minimum absolute atomic E-state index is 0.136. The number of hydrogen-bond acceptors (Lipinski definition) is 4. The summed E-state index contributed by atoms with van der Waals surface area (Å²) in [6, 6.07) is 6.03. The summed E-state index contributed by atoms with van der Waals surface area (Å²) >= 11 is 0. The van der Waals surface area contributed by atoms with Crippen molar-refractivity contribution in [2.75, 3.05) is 6.61 Å². The summed E-state index contributed by atoms with van der Waals surface area (Å²) in [5.74, 6) is -0.702. The lowest BCUT2D eigenvalue weighted by Crippen LogP contribution is -2.49. The van der Waals surface area contributed by atoms with Gasteiger partial charge in [0.1, 0.15) is 5.65 Å². The maximum atomic E-state index is 12.4. The largest absolute Gasteiger partial charge is 0.451 e. The van der Waals surface area contributed by atoms with E-state index in [0.29, 0.717) is 5.65 Å². The highest BCUT2D eigenvalue weighted by molar-refractivity contribution is 5.90.